The highest BCUT2D eigenvalue weighted by molar-refractivity contribution is 9.10. The number of aliphatic hydroxyl groups is 1. The Balaban J connectivity index is 1.99. The number of nitrogens with zero attached hydrogens (tertiary/aromatic N) is 3. The van der Waals surface area contributed by atoms with E-state index < -0.39 is 0 Å². The highest BCUT2D eigenvalue weighted by atomic mass is 79.9. The predicted molar refractivity (Wildman–Crippen MR) is 78.7 cm³/mol. The zero-order chi connectivity index (χ0) is 14.4. The molecule has 4 nitrogen and oxygen atoms in total. The maximum atomic E-state index is 13.8. The van der Waals surface area contributed by atoms with Crippen molar-refractivity contribution in [1.29, 1.82) is 0 Å². The zero-order valence-electron chi connectivity index (χ0n) is 11.0. The summed E-state index contributed by atoms with van der Waals surface area (Å²) in [5.41, 5.74) is 0.624. The summed E-state index contributed by atoms with van der Waals surface area (Å²) in [4.78, 5) is 6.00. The molecule has 1 aromatic carbocycles. The molecule has 1 aromatic heterocycles. The van der Waals surface area contributed by atoms with E-state index >= 15 is 0 Å². The number of hydrogen-bond donors (Lipinski definition) is 1. The predicted octanol–water partition coefficient (Wildman–Crippen LogP) is 2.28. The van der Waals surface area contributed by atoms with Gasteiger partial charge in [-0.3, -0.25) is 4.90 Å². The van der Waals surface area contributed by atoms with Gasteiger partial charge in [-0.15, -0.1) is 0 Å². The zero-order valence-corrected chi connectivity index (χ0v) is 12.6. The number of aliphatic hydroxyl groups excluding tert-OH is 1. The van der Waals surface area contributed by atoms with Crippen molar-refractivity contribution in [2.45, 2.75) is 13.1 Å². The monoisotopic (exact) mass is 341 g/mol. The van der Waals surface area contributed by atoms with Crippen LogP contribution < -0.4 is 0 Å². The van der Waals surface area contributed by atoms with Gasteiger partial charge in [0.1, 0.15) is 5.82 Å². The molecule has 0 bridgehead atoms. The van der Waals surface area contributed by atoms with Crippen LogP contribution in [0.15, 0.2) is 41.4 Å². The maximum Gasteiger partial charge on any atom is 0.127 e. The van der Waals surface area contributed by atoms with E-state index in [0.717, 1.165) is 17.6 Å². The maximum absolute atomic E-state index is 13.8. The van der Waals surface area contributed by atoms with Crippen molar-refractivity contribution in [2.24, 2.45) is 0 Å². The van der Waals surface area contributed by atoms with Gasteiger partial charge in [-0.25, -0.2) is 9.37 Å². The van der Waals surface area contributed by atoms with E-state index in [9.17, 15) is 4.39 Å². The minimum Gasteiger partial charge on any atom is -0.395 e. The van der Waals surface area contributed by atoms with Crippen LogP contribution in [0.3, 0.4) is 0 Å². The lowest BCUT2D eigenvalue weighted by Crippen LogP contribution is -2.30. The van der Waals surface area contributed by atoms with E-state index in [1.165, 1.54) is 6.07 Å². The minimum absolute atomic E-state index is 0.0551. The summed E-state index contributed by atoms with van der Waals surface area (Å²) in [6, 6.07) is 4.91. The lowest BCUT2D eigenvalue weighted by atomic mass is 10.2. The molecule has 0 atom stereocenters. The van der Waals surface area contributed by atoms with Crippen LogP contribution in [0.2, 0.25) is 0 Å². The Morgan fingerprint density at radius 1 is 1.35 bits per heavy atom. The Morgan fingerprint density at radius 2 is 2.20 bits per heavy atom. The Hall–Kier alpha value is -1.24. The first-order valence-corrected chi connectivity index (χ1v) is 7.21. The van der Waals surface area contributed by atoms with Crippen molar-refractivity contribution in [3.8, 4) is 0 Å². The second-order valence-corrected chi connectivity index (χ2v) is 5.45. The molecular formula is C14H17BrFN3O. The largest absolute Gasteiger partial charge is 0.395 e. The fraction of sp³-hybridized carbons (Fsp3) is 0.357. The number of halogens is 2. The van der Waals surface area contributed by atoms with Crippen LogP contribution in [0.25, 0.3) is 0 Å². The highest BCUT2D eigenvalue weighted by Gasteiger charge is 2.10. The first kappa shape index (κ1) is 15.2. The third-order valence-electron chi connectivity index (χ3n) is 3.05. The molecule has 1 heterocycles. The fourth-order valence-electron chi connectivity index (χ4n) is 1.99. The molecule has 6 heteroatoms. The molecule has 0 radical (unpaired) electrons. The summed E-state index contributed by atoms with van der Waals surface area (Å²) in [6.45, 7) is 2.53. The van der Waals surface area contributed by atoms with Gasteiger partial charge in [0, 0.05) is 48.6 Å². The smallest absolute Gasteiger partial charge is 0.127 e. The standard InChI is InChI=1S/C14H17BrFN3O/c15-13-1-2-14(16)12(9-13)10-18(7-8-20)5-6-19-4-3-17-11-19/h1-4,9,11,20H,5-8,10H2. The number of rotatable bonds is 7. The topological polar surface area (TPSA) is 41.3 Å². The number of benzene rings is 1. The van der Waals surface area contributed by atoms with E-state index in [-0.39, 0.29) is 12.4 Å². The van der Waals surface area contributed by atoms with Gasteiger partial charge in [0.05, 0.1) is 12.9 Å². The molecular weight excluding hydrogens is 325 g/mol. The molecule has 2 aromatic rings. The molecule has 1 N–H and O–H groups in total. The van der Waals surface area contributed by atoms with E-state index in [2.05, 4.69) is 20.9 Å². The van der Waals surface area contributed by atoms with Gasteiger partial charge in [-0.1, -0.05) is 15.9 Å². The Bertz CT molecular complexity index is 533. The molecule has 0 aliphatic carbocycles. The highest BCUT2D eigenvalue weighted by Crippen LogP contribution is 2.17. The third-order valence-corrected chi connectivity index (χ3v) is 3.54. The second kappa shape index (κ2) is 7.52. The van der Waals surface area contributed by atoms with E-state index in [1.807, 2.05) is 15.7 Å². The van der Waals surface area contributed by atoms with Crippen molar-refractivity contribution < 1.29 is 9.50 Å². The van der Waals surface area contributed by atoms with Crippen LogP contribution in [0, 0.1) is 5.82 Å². The average Bonchev–Trinajstić information content (AvgIpc) is 2.93. The SMILES string of the molecule is OCCN(CCn1ccnc1)Cc1cc(Br)ccc1F. The number of imidazole rings is 1. The second-order valence-electron chi connectivity index (χ2n) is 4.54. The summed E-state index contributed by atoms with van der Waals surface area (Å²) in [7, 11) is 0. The van der Waals surface area contributed by atoms with E-state index in [1.54, 1.807) is 24.7 Å². The first-order valence-electron chi connectivity index (χ1n) is 6.42. The lowest BCUT2D eigenvalue weighted by molar-refractivity contribution is 0.184. The van der Waals surface area contributed by atoms with Gasteiger partial charge in [-0.2, -0.15) is 0 Å². The first-order chi connectivity index (χ1) is 9.69. The third kappa shape index (κ3) is 4.40. The molecule has 20 heavy (non-hydrogen) atoms. The Kier molecular flexibility index (Phi) is 5.70. The normalized spacial score (nSPS) is 11.2. The molecule has 2 rings (SSSR count). The summed E-state index contributed by atoms with van der Waals surface area (Å²) in [5.74, 6) is -0.223. The number of aromatic nitrogens is 2. The summed E-state index contributed by atoms with van der Waals surface area (Å²) in [5, 5.41) is 9.13. The van der Waals surface area contributed by atoms with Crippen molar-refractivity contribution in [3.63, 3.8) is 0 Å². The quantitative estimate of drug-likeness (QED) is 0.839. The molecule has 0 unspecified atom stereocenters. The van der Waals surface area contributed by atoms with Gasteiger partial charge in [0.25, 0.3) is 0 Å². The molecule has 0 aliphatic rings. The van der Waals surface area contributed by atoms with Crippen LogP contribution in [-0.4, -0.2) is 39.3 Å². The van der Waals surface area contributed by atoms with Crippen LogP contribution in [-0.2, 0) is 13.1 Å². The molecule has 0 spiro atoms. The van der Waals surface area contributed by atoms with E-state index in [0.29, 0.717) is 18.7 Å². The van der Waals surface area contributed by atoms with Gasteiger partial charge < -0.3 is 9.67 Å². The summed E-state index contributed by atoms with van der Waals surface area (Å²) >= 11 is 3.35. The number of hydrogen-bond acceptors (Lipinski definition) is 3. The van der Waals surface area contributed by atoms with Gasteiger partial charge in [-0.05, 0) is 18.2 Å². The Morgan fingerprint density at radius 3 is 2.90 bits per heavy atom. The van der Waals surface area contributed by atoms with Crippen molar-refractivity contribution in [1.82, 2.24) is 14.5 Å². The van der Waals surface area contributed by atoms with Crippen LogP contribution >= 0.6 is 15.9 Å². The minimum atomic E-state index is -0.223. The van der Waals surface area contributed by atoms with Crippen molar-refractivity contribution in [2.75, 3.05) is 19.7 Å². The Labute approximate surface area is 126 Å². The summed E-state index contributed by atoms with van der Waals surface area (Å²) < 4.78 is 16.6. The van der Waals surface area contributed by atoms with Gasteiger partial charge in [0.2, 0.25) is 0 Å². The molecule has 0 aliphatic heterocycles. The van der Waals surface area contributed by atoms with Crippen LogP contribution in [0.4, 0.5) is 4.39 Å². The van der Waals surface area contributed by atoms with Gasteiger partial charge in [0.15, 0.2) is 0 Å². The van der Waals surface area contributed by atoms with E-state index in [4.69, 9.17) is 5.11 Å². The van der Waals surface area contributed by atoms with Crippen molar-refractivity contribution >= 4 is 15.9 Å². The van der Waals surface area contributed by atoms with Gasteiger partial charge >= 0.3 is 0 Å². The van der Waals surface area contributed by atoms with Crippen LogP contribution in [0.5, 0.6) is 0 Å². The molecule has 108 valence electrons. The summed E-state index contributed by atoms with van der Waals surface area (Å²) in [6.07, 6.45) is 5.36. The van der Waals surface area contributed by atoms with Crippen molar-refractivity contribution in [3.05, 3.63) is 52.8 Å². The molecule has 0 amide bonds. The molecule has 0 saturated carbocycles. The fourth-order valence-corrected chi connectivity index (χ4v) is 2.40. The lowest BCUT2D eigenvalue weighted by Gasteiger charge is -2.22. The molecule has 0 saturated heterocycles. The molecule has 0 fully saturated rings. The van der Waals surface area contributed by atoms with Crippen LogP contribution in [0.1, 0.15) is 5.56 Å². The average molecular weight is 342 g/mol.